The van der Waals surface area contributed by atoms with Crippen LogP contribution < -0.4 is 4.90 Å². The first-order chi connectivity index (χ1) is 15.0. The van der Waals surface area contributed by atoms with Gasteiger partial charge in [-0.05, 0) is 49.9 Å². The lowest BCUT2D eigenvalue weighted by molar-refractivity contribution is 0.0696. The zero-order valence-electron chi connectivity index (χ0n) is 17.4. The topological polar surface area (TPSA) is 62.7 Å². The van der Waals surface area contributed by atoms with Gasteiger partial charge in [-0.3, -0.25) is 0 Å². The van der Waals surface area contributed by atoms with Crippen molar-refractivity contribution in [1.29, 1.82) is 0 Å². The number of para-hydroxylation sites is 1. The van der Waals surface area contributed by atoms with E-state index in [0.717, 1.165) is 52.8 Å². The van der Waals surface area contributed by atoms with Crippen LogP contribution in [-0.4, -0.2) is 35.8 Å². The molecule has 0 spiro atoms. The molecule has 0 amide bonds. The van der Waals surface area contributed by atoms with Crippen LogP contribution in [0, 0.1) is 12.8 Å². The first-order valence-corrected chi connectivity index (χ1v) is 11.6. The maximum atomic E-state index is 11.6. The standard InChI is InChI=1S/C24H25ClN2O3S/c1-16-22(31-23(26-16)18-8-10-19(25)11-9-18)15-30-14-17-5-4-12-27(13-17)21-7-3-2-6-20(21)24(28)29/h2-3,6-11,17H,4-5,12-15H2,1H3,(H,28,29). The summed E-state index contributed by atoms with van der Waals surface area (Å²) in [6.45, 7) is 4.89. The number of carboxylic acids is 1. The molecule has 1 aliphatic rings. The molecule has 4 rings (SSSR count). The van der Waals surface area contributed by atoms with E-state index in [4.69, 9.17) is 16.3 Å². The van der Waals surface area contributed by atoms with Crippen molar-refractivity contribution in [3.8, 4) is 10.6 Å². The molecule has 1 fully saturated rings. The average Bonchev–Trinajstić information content (AvgIpc) is 3.15. The molecule has 0 aliphatic carbocycles. The summed E-state index contributed by atoms with van der Waals surface area (Å²) in [6.07, 6.45) is 2.12. The van der Waals surface area contributed by atoms with Gasteiger partial charge in [0.15, 0.2) is 0 Å². The first kappa shape index (κ1) is 21.8. The summed E-state index contributed by atoms with van der Waals surface area (Å²) in [5, 5.41) is 11.2. The summed E-state index contributed by atoms with van der Waals surface area (Å²) in [7, 11) is 0. The number of aromatic carboxylic acids is 1. The van der Waals surface area contributed by atoms with Gasteiger partial charge in [0.2, 0.25) is 0 Å². The van der Waals surface area contributed by atoms with Crippen molar-refractivity contribution in [1.82, 2.24) is 4.98 Å². The Hall–Kier alpha value is -2.41. The Morgan fingerprint density at radius 3 is 2.81 bits per heavy atom. The lowest BCUT2D eigenvalue weighted by Crippen LogP contribution is -2.38. The maximum Gasteiger partial charge on any atom is 0.337 e. The minimum absolute atomic E-state index is 0.360. The lowest BCUT2D eigenvalue weighted by atomic mass is 9.97. The van der Waals surface area contributed by atoms with Gasteiger partial charge >= 0.3 is 5.97 Å². The molecule has 31 heavy (non-hydrogen) atoms. The number of thiazole rings is 1. The molecule has 0 bridgehead atoms. The molecule has 1 N–H and O–H groups in total. The fourth-order valence-corrected chi connectivity index (χ4v) is 5.08. The Kier molecular flexibility index (Phi) is 6.90. The Labute approximate surface area is 191 Å². The molecule has 0 radical (unpaired) electrons. The Balaban J connectivity index is 1.35. The van der Waals surface area contributed by atoms with Crippen LogP contribution in [0.4, 0.5) is 5.69 Å². The van der Waals surface area contributed by atoms with Crippen molar-refractivity contribution < 1.29 is 14.6 Å². The third kappa shape index (κ3) is 5.26. The minimum Gasteiger partial charge on any atom is -0.478 e. The molecule has 162 valence electrons. The van der Waals surface area contributed by atoms with E-state index in [1.54, 1.807) is 23.5 Å². The second-order valence-electron chi connectivity index (χ2n) is 7.83. The highest BCUT2D eigenvalue weighted by molar-refractivity contribution is 7.15. The first-order valence-electron chi connectivity index (χ1n) is 10.4. The molecular formula is C24H25ClN2O3S. The summed E-state index contributed by atoms with van der Waals surface area (Å²) in [4.78, 5) is 19.6. The molecule has 7 heteroatoms. The largest absolute Gasteiger partial charge is 0.478 e. The number of nitrogens with zero attached hydrogens (tertiary/aromatic N) is 2. The number of aromatic nitrogens is 1. The van der Waals surface area contributed by atoms with Crippen molar-refractivity contribution in [2.24, 2.45) is 5.92 Å². The Morgan fingerprint density at radius 1 is 1.26 bits per heavy atom. The number of piperidine rings is 1. The molecule has 2 aromatic carbocycles. The number of rotatable bonds is 7. The second kappa shape index (κ2) is 9.81. The van der Waals surface area contributed by atoms with Gasteiger partial charge in [-0.15, -0.1) is 11.3 Å². The number of aryl methyl sites for hydroxylation is 1. The van der Waals surface area contributed by atoms with Crippen LogP contribution in [0.5, 0.6) is 0 Å². The molecule has 3 aromatic rings. The molecule has 1 aliphatic heterocycles. The molecule has 1 atom stereocenters. The zero-order chi connectivity index (χ0) is 21.8. The third-order valence-electron chi connectivity index (χ3n) is 5.56. The van der Waals surface area contributed by atoms with E-state index in [9.17, 15) is 9.90 Å². The van der Waals surface area contributed by atoms with Gasteiger partial charge in [0.25, 0.3) is 0 Å². The quantitative estimate of drug-likeness (QED) is 0.479. The third-order valence-corrected chi connectivity index (χ3v) is 7.00. The van der Waals surface area contributed by atoms with Crippen molar-refractivity contribution in [2.45, 2.75) is 26.4 Å². The molecule has 5 nitrogen and oxygen atoms in total. The van der Waals surface area contributed by atoms with Crippen LogP contribution in [0.2, 0.25) is 5.02 Å². The molecule has 2 heterocycles. The van der Waals surface area contributed by atoms with E-state index < -0.39 is 5.97 Å². The summed E-state index contributed by atoms with van der Waals surface area (Å²) in [6, 6.07) is 14.9. The van der Waals surface area contributed by atoms with E-state index in [1.807, 2.05) is 43.3 Å². The molecule has 1 unspecified atom stereocenters. The van der Waals surface area contributed by atoms with Crippen LogP contribution in [0.1, 0.15) is 33.8 Å². The maximum absolute atomic E-state index is 11.6. The van der Waals surface area contributed by atoms with Crippen molar-refractivity contribution >= 4 is 34.6 Å². The van der Waals surface area contributed by atoms with Crippen LogP contribution in [0.25, 0.3) is 10.6 Å². The van der Waals surface area contributed by atoms with Gasteiger partial charge in [0.1, 0.15) is 5.01 Å². The number of benzene rings is 2. The zero-order valence-corrected chi connectivity index (χ0v) is 19.0. The average molecular weight is 457 g/mol. The molecular weight excluding hydrogens is 432 g/mol. The normalized spacial score (nSPS) is 16.5. The summed E-state index contributed by atoms with van der Waals surface area (Å²) in [5.41, 5.74) is 3.21. The predicted molar refractivity (Wildman–Crippen MR) is 125 cm³/mol. The van der Waals surface area contributed by atoms with Crippen LogP contribution in [0.15, 0.2) is 48.5 Å². The van der Waals surface area contributed by atoms with Crippen LogP contribution >= 0.6 is 22.9 Å². The van der Waals surface area contributed by atoms with Crippen molar-refractivity contribution in [3.63, 3.8) is 0 Å². The second-order valence-corrected chi connectivity index (χ2v) is 9.35. The van der Waals surface area contributed by atoms with E-state index >= 15 is 0 Å². The number of carbonyl (C=O) groups is 1. The number of hydrogen-bond acceptors (Lipinski definition) is 5. The van der Waals surface area contributed by atoms with Gasteiger partial charge in [-0.2, -0.15) is 0 Å². The molecule has 0 saturated carbocycles. The van der Waals surface area contributed by atoms with E-state index in [-0.39, 0.29) is 0 Å². The van der Waals surface area contributed by atoms with Gasteiger partial charge < -0.3 is 14.7 Å². The van der Waals surface area contributed by atoms with E-state index in [1.165, 1.54) is 0 Å². The highest BCUT2D eigenvalue weighted by Gasteiger charge is 2.23. The van der Waals surface area contributed by atoms with Crippen LogP contribution in [-0.2, 0) is 11.3 Å². The van der Waals surface area contributed by atoms with Crippen molar-refractivity contribution in [2.75, 3.05) is 24.6 Å². The summed E-state index contributed by atoms with van der Waals surface area (Å²) in [5.74, 6) is -0.509. The Bertz CT molecular complexity index is 1050. The summed E-state index contributed by atoms with van der Waals surface area (Å²) >= 11 is 7.63. The minimum atomic E-state index is -0.883. The fourth-order valence-electron chi connectivity index (χ4n) is 3.95. The van der Waals surface area contributed by atoms with Gasteiger partial charge in [-0.25, -0.2) is 9.78 Å². The smallest absolute Gasteiger partial charge is 0.337 e. The van der Waals surface area contributed by atoms with Gasteiger partial charge in [-0.1, -0.05) is 35.9 Å². The number of anilines is 1. The van der Waals surface area contributed by atoms with Crippen LogP contribution in [0.3, 0.4) is 0 Å². The monoisotopic (exact) mass is 456 g/mol. The van der Waals surface area contributed by atoms with Crippen molar-refractivity contribution in [3.05, 3.63) is 69.7 Å². The number of ether oxygens (including phenoxy) is 1. The van der Waals surface area contributed by atoms with Gasteiger partial charge in [0, 0.05) is 23.7 Å². The van der Waals surface area contributed by atoms with Gasteiger partial charge in [0.05, 0.1) is 35.0 Å². The Morgan fingerprint density at radius 2 is 2.03 bits per heavy atom. The summed E-state index contributed by atoms with van der Waals surface area (Å²) < 4.78 is 6.08. The highest BCUT2D eigenvalue weighted by Crippen LogP contribution is 2.30. The van der Waals surface area contributed by atoms with E-state index in [2.05, 4.69) is 9.88 Å². The predicted octanol–water partition coefficient (Wildman–Crippen LogP) is 5.90. The number of hydrogen-bond donors (Lipinski definition) is 1. The lowest BCUT2D eigenvalue weighted by Gasteiger charge is -2.35. The number of carboxylic acid groups (broad SMARTS) is 1. The van der Waals surface area contributed by atoms with E-state index in [0.29, 0.717) is 29.7 Å². The number of halogens is 1. The fraction of sp³-hybridized carbons (Fsp3) is 0.333. The molecule has 1 saturated heterocycles. The highest BCUT2D eigenvalue weighted by atomic mass is 35.5. The molecule has 1 aromatic heterocycles. The SMILES string of the molecule is Cc1nc(-c2ccc(Cl)cc2)sc1COCC1CCCN(c2ccccc2C(=O)O)C1.